The molecule has 0 bridgehead atoms. The van der Waals surface area contributed by atoms with Crippen molar-refractivity contribution in [1.82, 2.24) is 10.2 Å². The zero-order valence-corrected chi connectivity index (χ0v) is 13.2. The second-order valence-corrected chi connectivity index (χ2v) is 7.46. The minimum atomic E-state index is -0.0248. The van der Waals surface area contributed by atoms with Crippen molar-refractivity contribution in [1.29, 1.82) is 0 Å². The smallest absolute Gasteiger partial charge is 0.0614 e. The van der Waals surface area contributed by atoms with Gasteiger partial charge in [0.1, 0.15) is 0 Å². The van der Waals surface area contributed by atoms with Crippen LogP contribution < -0.4 is 5.32 Å². The fourth-order valence-electron chi connectivity index (χ4n) is 3.74. The maximum absolute atomic E-state index is 9.82. The molecule has 0 saturated heterocycles. The van der Waals surface area contributed by atoms with Gasteiger partial charge >= 0.3 is 0 Å². The van der Waals surface area contributed by atoms with Crippen molar-refractivity contribution in [3.63, 3.8) is 0 Å². The lowest BCUT2D eigenvalue weighted by molar-refractivity contribution is 0.126. The second kappa shape index (κ2) is 6.11. The summed E-state index contributed by atoms with van der Waals surface area (Å²) in [7, 11) is 0. The first-order valence-electron chi connectivity index (χ1n) is 8.10. The molecule has 2 atom stereocenters. The van der Waals surface area contributed by atoms with E-state index >= 15 is 0 Å². The summed E-state index contributed by atoms with van der Waals surface area (Å²) in [6.07, 6.45) is 6.24. The summed E-state index contributed by atoms with van der Waals surface area (Å²) in [4.78, 5) is 2.74. The monoisotopic (exact) mass is 268 g/mol. The molecule has 0 heterocycles. The SMILES string of the molecule is CC(C)CN(C1CC1)C1CCC(CO)(NC(C)C)C1. The van der Waals surface area contributed by atoms with Gasteiger partial charge in [0.05, 0.1) is 6.61 Å². The first kappa shape index (κ1) is 15.3. The fourth-order valence-corrected chi connectivity index (χ4v) is 3.74. The summed E-state index contributed by atoms with van der Waals surface area (Å²) in [5.74, 6) is 0.739. The summed E-state index contributed by atoms with van der Waals surface area (Å²) >= 11 is 0. The molecule has 0 aromatic rings. The van der Waals surface area contributed by atoms with E-state index in [0.29, 0.717) is 12.1 Å². The van der Waals surface area contributed by atoms with Crippen molar-refractivity contribution in [2.24, 2.45) is 5.92 Å². The molecule has 2 unspecified atom stereocenters. The molecular weight excluding hydrogens is 236 g/mol. The van der Waals surface area contributed by atoms with Gasteiger partial charge in [0.15, 0.2) is 0 Å². The quantitative estimate of drug-likeness (QED) is 0.744. The van der Waals surface area contributed by atoms with Crippen molar-refractivity contribution in [3.8, 4) is 0 Å². The Morgan fingerprint density at radius 2 is 1.84 bits per heavy atom. The molecule has 0 amide bonds. The standard InChI is InChI=1S/C16H32N2O/c1-12(2)10-18(14-5-6-14)15-7-8-16(9-15,11-19)17-13(3)4/h12-15,17,19H,5-11H2,1-4H3. The molecule has 0 aromatic heterocycles. The molecule has 2 aliphatic carbocycles. The zero-order valence-electron chi connectivity index (χ0n) is 13.2. The average Bonchev–Trinajstić information content (AvgIpc) is 3.08. The first-order valence-corrected chi connectivity index (χ1v) is 8.10. The molecule has 19 heavy (non-hydrogen) atoms. The van der Waals surface area contributed by atoms with Gasteiger partial charge in [-0.1, -0.05) is 27.7 Å². The van der Waals surface area contributed by atoms with Crippen LogP contribution >= 0.6 is 0 Å². The lowest BCUT2D eigenvalue weighted by Crippen LogP contribution is -2.51. The van der Waals surface area contributed by atoms with Crippen LogP contribution in [-0.2, 0) is 0 Å². The van der Waals surface area contributed by atoms with Gasteiger partial charge in [0, 0.05) is 30.2 Å². The van der Waals surface area contributed by atoms with Crippen LogP contribution in [0.3, 0.4) is 0 Å². The van der Waals surface area contributed by atoms with E-state index in [1.54, 1.807) is 0 Å². The molecule has 0 aliphatic heterocycles. The minimum absolute atomic E-state index is 0.0248. The van der Waals surface area contributed by atoms with Gasteiger partial charge in [0.25, 0.3) is 0 Å². The van der Waals surface area contributed by atoms with Gasteiger partial charge in [-0.25, -0.2) is 0 Å². The van der Waals surface area contributed by atoms with Crippen LogP contribution in [0.5, 0.6) is 0 Å². The lowest BCUT2D eigenvalue weighted by Gasteiger charge is -2.34. The number of aliphatic hydroxyl groups is 1. The van der Waals surface area contributed by atoms with Crippen LogP contribution in [0.15, 0.2) is 0 Å². The Morgan fingerprint density at radius 3 is 2.32 bits per heavy atom. The number of nitrogens with one attached hydrogen (secondary N) is 1. The molecule has 3 nitrogen and oxygen atoms in total. The average molecular weight is 268 g/mol. The highest BCUT2D eigenvalue weighted by Gasteiger charge is 2.44. The molecule has 0 spiro atoms. The van der Waals surface area contributed by atoms with Gasteiger partial charge in [-0.05, 0) is 38.0 Å². The van der Waals surface area contributed by atoms with Crippen LogP contribution in [-0.4, -0.2) is 46.8 Å². The third-order valence-corrected chi connectivity index (χ3v) is 4.54. The normalized spacial score (nSPS) is 31.9. The summed E-state index contributed by atoms with van der Waals surface area (Å²) in [5.41, 5.74) is -0.0248. The third kappa shape index (κ3) is 3.93. The highest BCUT2D eigenvalue weighted by molar-refractivity contribution is 5.02. The number of hydrogen-bond donors (Lipinski definition) is 2. The van der Waals surface area contributed by atoms with Crippen molar-refractivity contribution < 1.29 is 5.11 Å². The van der Waals surface area contributed by atoms with Gasteiger partial charge in [-0.3, -0.25) is 4.90 Å². The number of rotatable bonds is 7. The Morgan fingerprint density at radius 1 is 1.16 bits per heavy atom. The third-order valence-electron chi connectivity index (χ3n) is 4.54. The van der Waals surface area contributed by atoms with E-state index in [4.69, 9.17) is 0 Å². The maximum atomic E-state index is 9.82. The van der Waals surface area contributed by atoms with Crippen LogP contribution in [0.2, 0.25) is 0 Å². The summed E-state index contributed by atoms with van der Waals surface area (Å²) in [5, 5.41) is 13.4. The van der Waals surface area contributed by atoms with Gasteiger partial charge in [-0.2, -0.15) is 0 Å². The van der Waals surface area contributed by atoms with E-state index in [-0.39, 0.29) is 12.1 Å². The zero-order chi connectivity index (χ0) is 14.0. The van der Waals surface area contributed by atoms with Crippen LogP contribution in [0.25, 0.3) is 0 Å². The van der Waals surface area contributed by atoms with E-state index < -0.39 is 0 Å². The minimum Gasteiger partial charge on any atom is -0.394 e. The second-order valence-electron chi connectivity index (χ2n) is 7.46. The van der Waals surface area contributed by atoms with Gasteiger partial charge in [-0.15, -0.1) is 0 Å². The molecular formula is C16H32N2O. The highest BCUT2D eigenvalue weighted by Crippen LogP contribution is 2.39. The molecule has 2 fully saturated rings. The Balaban J connectivity index is 1.98. The molecule has 3 heteroatoms. The first-order chi connectivity index (χ1) is 8.96. The van der Waals surface area contributed by atoms with Gasteiger partial charge in [0.2, 0.25) is 0 Å². The highest BCUT2D eigenvalue weighted by atomic mass is 16.3. The maximum Gasteiger partial charge on any atom is 0.0614 e. The van der Waals surface area contributed by atoms with E-state index in [1.807, 2.05) is 0 Å². The predicted octanol–water partition coefficient (Wildman–Crippen LogP) is 2.39. The topological polar surface area (TPSA) is 35.5 Å². The van der Waals surface area contributed by atoms with E-state index in [2.05, 4.69) is 37.9 Å². The number of aliphatic hydroxyl groups excluding tert-OH is 1. The van der Waals surface area contributed by atoms with E-state index in [9.17, 15) is 5.11 Å². The number of hydrogen-bond acceptors (Lipinski definition) is 3. The van der Waals surface area contributed by atoms with Crippen molar-refractivity contribution in [3.05, 3.63) is 0 Å². The Kier molecular flexibility index (Phi) is 4.91. The largest absolute Gasteiger partial charge is 0.394 e. The molecule has 2 N–H and O–H groups in total. The van der Waals surface area contributed by atoms with Crippen LogP contribution in [0.4, 0.5) is 0 Å². The Hall–Kier alpha value is -0.120. The molecule has 2 saturated carbocycles. The fraction of sp³-hybridized carbons (Fsp3) is 1.00. The molecule has 0 radical (unpaired) electrons. The van der Waals surface area contributed by atoms with Crippen molar-refractivity contribution in [2.45, 2.75) is 83.5 Å². The molecule has 2 rings (SSSR count). The molecule has 112 valence electrons. The van der Waals surface area contributed by atoms with Crippen LogP contribution in [0, 0.1) is 5.92 Å². The van der Waals surface area contributed by atoms with Crippen LogP contribution in [0.1, 0.15) is 59.8 Å². The van der Waals surface area contributed by atoms with Crippen molar-refractivity contribution >= 4 is 0 Å². The summed E-state index contributed by atoms with van der Waals surface area (Å²) in [6, 6.07) is 1.96. The summed E-state index contributed by atoms with van der Waals surface area (Å²) in [6.45, 7) is 10.5. The Labute approximate surface area is 118 Å². The number of nitrogens with zero attached hydrogens (tertiary/aromatic N) is 1. The predicted molar refractivity (Wildman–Crippen MR) is 80.3 cm³/mol. The van der Waals surface area contributed by atoms with E-state index in [1.165, 1.54) is 25.8 Å². The molecule has 2 aliphatic rings. The lowest BCUT2D eigenvalue weighted by atomic mass is 9.97. The van der Waals surface area contributed by atoms with E-state index in [0.717, 1.165) is 24.8 Å². The Bertz CT molecular complexity index is 288. The van der Waals surface area contributed by atoms with Gasteiger partial charge < -0.3 is 10.4 Å². The summed E-state index contributed by atoms with van der Waals surface area (Å²) < 4.78 is 0. The van der Waals surface area contributed by atoms with Crippen molar-refractivity contribution in [2.75, 3.05) is 13.2 Å². The molecule has 0 aromatic carbocycles.